The van der Waals surface area contributed by atoms with E-state index < -0.39 is 28.9 Å². The van der Waals surface area contributed by atoms with Crippen molar-refractivity contribution in [3.8, 4) is 23.0 Å². The molecule has 51 heavy (non-hydrogen) atoms. The van der Waals surface area contributed by atoms with E-state index in [1.807, 2.05) is 0 Å². The highest BCUT2D eigenvalue weighted by Crippen LogP contribution is 2.48. The van der Waals surface area contributed by atoms with Gasteiger partial charge in [-0.25, -0.2) is 8.78 Å². The van der Waals surface area contributed by atoms with Crippen molar-refractivity contribution >= 4 is 51.0 Å². The van der Waals surface area contributed by atoms with Crippen molar-refractivity contribution in [3.63, 3.8) is 0 Å². The van der Waals surface area contributed by atoms with Gasteiger partial charge >= 0.3 is 0 Å². The first-order valence-corrected chi connectivity index (χ1v) is 18.3. The van der Waals surface area contributed by atoms with Crippen LogP contribution in [-0.2, 0) is 14.4 Å². The number of benzene rings is 3. The van der Waals surface area contributed by atoms with Crippen molar-refractivity contribution in [1.29, 1.82) is 0 Å². The standard InChI is InChI=1S/C39H43F2N3O6S/c1-26(45)51-22-10-8-6-4-3-5-7-9-21-49-36-25-32-30(24-35(36)48-2)33(17-20-42-32)50-34-16-15-29(23-31(34)41)44-38(47)39(18-19-39)37(46)43-28-13-11-27(40)12-14-28/h11-17,20,23-25H,3-10,18-19,21-22H2,1-2H3,(H,43,46)(H,44,47). The number of carbonyl (C=O) groups excluding carboxylic acids is 3. The maximum atomic E-state index is 15.3. The summed E-state index contributed by atoms with van der Waals surface area (Å²) in [4.78, 5) is 41.4. The summed E-state index contributed by atoms with van der Waals surface area (Å²) in [6.45, 7) is 2.15. The van der Waals surface area contributed by atoms with Gasteiger partial charge in [-0.2, -0.15) is 0 Å². The van der Waals surface area contributed by atoms with Gasteiger partial charge in [-0.3, -0.25) is 19.4 Å². The van der Waals surface area contributed by atoms with Gasteiger partial charge in [-0.1, -0.05) is 50.3 Å². The van der Waals surface area contributed by atoms with Crippen LogP contribution < -0.4 is 24.8 Å². The fraction of sp³-hybridized carbons (Fsp3) is 0.385. The number of anilines is 2. The molecule has 1 aliphatic carbocycles. The number of aromatic nitrogens is 1. The second-order valence-corrected chi connectivity index (χ2v) is 13.9. The van der Waals surface area contributed by atoms with E-state index in [2.05, 4.69) is 15.6 Å². The van der Waals surface area contributed by atoms with Gasteiger partial charge in [-0.15, -0.1) is 0 Å². The molecule has 0 spiro atoms. The Labute approximate surface area is 300 Å². The van der Waals surface area contributed by atoms with Gasteiger partial charge in [-0.05, 0) is 74.2 Å². The molecular formula is C39H43F2N3O6S. The quantitative estimate of drug-likeness (QED) is 0.0728. The predicted molar refractivity (Wildman–Crippen MR) is 196 cm³/mol. The van der Waals surface area contributed by atoms with E-state index in [1.54, 1.807) is 38.4 Å². The zero-order valence-electron chi connectivity index (χ0n) is 28.9. The molecular weight excluding hydrogens is 677 g/mol. The number of rotatable bonds is 19. The summed E-state index contributed by atoms with van der Waals surface area (Å²) in [6.07, 6.45) is 11.2. The Morgan fingerprint density at radius 3 is 2.06 bits per heavy atom. The van der Waals surface area contributed by atoms with Crippen molar-refractivity contribution in [3.05, 3.63) is 78.5 Å². The van der Waals surface area contributed by atoms with E-state index in [0.29, 0.717) is 53.3 Å². The Kier molecular flexibility index (Phi) is 13.2. The summed E-state index contributed by atoms with van der Waals surface area (Å²) in [7, 11) is 1.55. The van der Waals surface area contributed by atoms with Crippen LogP contribution in [0.3, 0.4) is 0 Å². The van der Waals surface area contributed by atoms with Crippen LogP contribution in [0.4, 0.5) is 20.2 Å². The lowest BCUT2D eigenvalue weighted by Gasteiger charge is -2.16. The summed E-state index contributed by atoms with van der Waals surface area (Å²) in [5.41, 5.74) is -0.149. The smallest absolute Gasteiger partial charge is 0.240 e. The Hall–Kier alpha value is -4.71. The third-order valence-corrected chi connectivity index (χ3v) is 9.62. The van der Waals surface area contributed by atoms with Gasteiger partial charge in [0.2, 0.25) is 11.8 Å². The zero-order chi connectivity index (χ0) is 36.2. The number of methoxy groups -OCH3 is 1. The summed E-state index contributed by atoms with van der Waals surface area (Å²) in [6, 6.07) is 14.5. The molecule has 3 aromatic carbocycles. The maximum Gasteiger partial charge on any atom is 0.240 e. The molecule has 1 heterocycles. The monoisotopic (exact) mass is 719 g/mol. The van der Waals surface area contributed by atoms with Gasteiger partial charge in [0, 0.05) is 47.8 Å². The topological polar surface area (TPSA) is 116 Å². The summed E-state index contributed by atoms with van der Waals surface area (Å²) >= 11 is 1.40. The minimum atomic E-state index is -1.28. The molecule has 4 aromatic rings. The highest BCUT2D eigenvalue weighted by molar-refractivity contribution is 8.13. The molecule has 0 bridgehead atoms. The minimum absolute atomic E-state index is 0.0676. The van der Waals surface area contributed by atoms with Gasteiger partial charge in [0.15, 0.2) is 28.2 Å². The van der Waals surface area contributed by atoms with Crippen LogP contribution in [0, 0.1) is 17.0 Å². The molecule has 2 N–H and O–H groups in total. The third kappa shape index (κ3) is 10.4. The highest BCUT2D eigenvalue weighted by atomic mass is 32.2. The lowest BCUT2D eigenvalue weighted by molar-refractivity contribution is -0.131. The number of thioether (sulfide) groups is 1. The number of ether oxygens (including phenoxy) is 3. The fourth-order valence-electron chi connectivity index (χ4n) is 5.65. The zero-order valence-corrected chi connectivity index (χ0v) is 29.7. The van der Waals surface area contributed by atoms with Crippen molar-refractivity contribution < 1.29 is 37.4 Å². The minimum Gasteiger partial charge on any atom is -0.493 e. The number of pyridine rings is 1. The lowest BCUT2D eigenvalue weighted by Crippen LogP contribution is -2.35. The van der Waals surface area contributed by atoms with Crippen molar-refractivity contribution in [2.24, 2.45) is 5.41 Å². The number of unbranched alkanes of at least 4 members (excludes halogenated alkanes) is 7. The third-order valence-electron chi connectivity index (χ3n) is 8.72. The number of carbonyl (C=O) groups is 3. The molecule has 270 valence electrons. The normalized spacial score (nSPS) is 13.0. The lowest BCUT2D eigenvalue weighted by atomic mass is 10.0. The fourth-order valence-corrected chi connectivity index (χ4v) is 6.29. The first-order valence-electron chi connectivity index (χ1n) is 17.3. The first kappa shape index (κ1) is 37.5. The summed E-state index contributed by atoms with van der Waals surface area (Å²) in [5.74, 6) is 0.0528. The molecule has 9 nitrogen and oxygen atoms in total. The molecule has 0 atom stereocenters. The molecule has 0 radical (unpaired) electrons. The average Bonchev–Trinajstić information content (AvgIpc) is 3.93. The average molecular weight is 720 g/mol. The number of nitrogens with one attached hydrogen (secondary N) is 2. The van der Waals surface area contributed by atoms with Crippen LogP contribution in [0.25, 0.3) is 10.9 Å². The Balaban J connectivity index is 1.12. The van der Waals surface area contributed by atoms with Gasteiger partial charge in [0.05, 0.1) is 19.2 Å². The van der Waals surface area contributed by atoms with E-state index in [1.165, 1.54) is 73.8 Å². The molecule has 0 aliphatic heterocycles. The molecule has 1 aromatic heterocycles. The first-order chi connectivity index (χ1) is 24.7. The molecule has 0 saturated heterocycles. The van der Waals surface area contributed by atoms with Crippen LogP contribution in [0.2, 0.25) is 0 Å². The number of halogens is 2. The van der Waals surface area contributed by atoms with E-state index >= 15 is 4.39 Å². The Bertz CT molecular complexity index is 1830. The Morgan fingerprint density at radius 2 is 1.41 bits per heavy atom. The van der Waals surface area contributed by atoms with Crippen molar-refractivity contribution in [2.75, 3.05) is 30.1 Å². The number of hydrogen-bond donors (Lipinski definition) is 2. The number of nitrogens with zero attached hydrogens (tertiary/aromatic N) is 1. The SMILES string of the molecule is COc1cc2c(Oc3ccc(NC(=O)C4(C(=O)Nc5ccc(F)cc5)CC4)cc3F)ccnc2cc1OCCCCCCCCCCSC(C)=O. The molecule has 1 fully saturated rings. The molecule has 2 amide bonds. The number of amides is 2. The van der Waals surface area contributed by atoms with Crippen molar-refractivity contribution in [2.45, 2.75) is 71.1 Å². The maximum absolute atomic E-state index is 15.3. The highest BCUT2D eigenvalue weighted by Gasteiger charge is 2.56. The second kappa shape index (κ2) is 18.0. The van der Waals surface area contributed by atoms with Crippen LogP contribution in [0.1, 0.15) is 71.1 Å². The molecule has 1 saturated carbocycles. The van der Waals surface area contributed by atoms with E-state index in [4.69, 9.17) is 14.2 Å². The van der Waals surface area contributed by atoms with E-state index in [-0.39, 0.29) is 16.6 Å². The Morgan fingerprint density at radius 1 is 0.765 bits per heavy atom. The molecule has 1 aliphatic rings. The molecule has 5 rings (SSSR count). The predicted octanol–water partition coefficient (Wildman–Crippen LogP) is 9.45. The van der Waals surface area contributed by atoms with Crippen LogP contribution in [-0.4, -0.2) is 41.4 Å². The molecule has 0 unspecified atom stereocenters. The van der Waals surface area contributed by atoms with E-state index in [9.17, 15) is 18.8 Å². The van der Waals surface area contributed by atoms with Gasteiger partial charge in [0.25, 0.3) is 0 Å². The molecule has 12 heteroatoms. The second-order valence-electron chi connectivity index (χ2n) is 12.6. The largest absolute Gasteiger partial charge is 0.493 e. The summed E-state index contributed by atoms with van der Waals surface area (Å²) < 4.78 is 46.1. The van der Waals surface area contributed by atoms with Crippen LogP contribution in [0.15, 0.2) is 66.9 Å². The van der Waals surface area contributed by atoms with Gasteiger partial charge in [0.1, 0.15) is 17.0 Å². The number of hydrogen-bond acceptors (Lipinski definition) is 8. The van der Waals surface area contributed by atoms with Crippen molar-refractivity contribution in [1.82, 2.24) is 4.98 Å². The van der Waals surface area contributed by atoms with Crippen LogP contribution in [0.5, 0.6) is 23.0 Å². The van der Waals surface area contributed by atoms with Gasteiger partial charge < -0.3 is 24.8 Å². The van der Waals surface area contributed by atoms with E-state index in [0.717, 1.165) is 37.5 Å². The summed E-state index contributed by atoms with van der Waals surface area (Å²) in [5, 5.41) is 6.08. The number of fused-ring (bicyclic) bond motifs is 1. The van der Waals surface area contributed by atoms with Crippen LogP contribution >= 0.6 is 11.8 Å².